The van der Waals surface area contributed by atoms with Crippen molar-refractivity contribution in [3.63, 3.8) is 0 Å². The topological polar surface area (TPSA) is 29.1 Å². The van der Waals surface area contributed by atoms with Gasteiger partial charge in [-0.15, -0.1) is 6.58 Å². The molecule has 13 heavy (non-hydrogen) atoms. The van der Waals surface area contributed by atoms with Gasteiger partial charge in [0.1, 0.15) is 0 Å². The SMILES string of the molecule is C=CCN/C(C)=C\C(=O)C(F)(F)F. The summed E-state index contributed by atoms with van der Waals surface area (Å²) in [6.07, 6.45) is -2.80. The van der Waals surface area contributed by atoms with Gasteiger partial charge in [0.2, 0.25) is 0 Å². The van der Waals surface area contributed by atoms with Crippen LogP contribution in [0.25, 0.3) is 0 Å². The van der Waals surface area contributed by atoms with E-state index in [9.17, 15) is 18.0 Å². The largest absolute Gasteiger partial charge is 0.454 e. The number of nitrogens with one attached hydrogen (secondary N) is 1. The maximum atomic E-state index is 11.7. The van der Waals surface area contributed by atoms with Crippen molar-refractivity contribution in [3.05, 3.63) is 24.4 Å². The van der Waals surface area contributed by atoms with Gasteiger partial charge < -0.3 is 5.32 Å². The first kappa shape index (κ1) is 11.7. The molecule has 0 atom stereocenters. The van der Waals surface area contributed by atoms with Crippen LogP contribution in [-0.2, 0) is 4.79 Å². The average molecular weight is 193 g/mol. The minimum atomic E-state index is -4.79. The molecule has 0 unspecified atom stereocenters. The van der Waals surface area contributed by atoms with Crippen molar-refractivity contribution < 1.29 is 18.0 Å². The lowest BCUT2D eigenvalue weighted by atomic mass is 10.3. The Morgan fingerprint density at radius 1 is 1.54 bits per heavy atom. The molecular weight excluding hydrogens is 183 g/mol. The molecule has 1 N–H and O–H groups in total. The number of carbonyl (C=O) groups is 1. The summed E-state index contributed by atoms with van der Waals surface area (Å²) in [5, 5.41) is 2.56. The monoisotopic (exact) mass is 193 g/mol. The van der Waals surface area contributed by atoms with Crippen LogP contribution in [0.5, 0.6) is 0 Å². The number of allylic oxidation sites excluding steroid dienone is 2. The third-order valence-electron chi connectivity index (χ3n) is 1.15. The van der Waals surface area contributed by atoms with Gasteiger partial charge in [0, 0.05) is 18.3 Å². The molecule has 5 heteroatoms. The Morgan fingerprint density at radius 3 is 2.46 bits per heavy atom. The second kappa shape index (κ2) is 4.69. The van der Waals surface area contributed by atoms with Gasteiger partial charge in [-0.2, -0.15) is 13.2 Å². The standard InChI is InChI=1S/C8H10F3NO/c1-3-4-12-6(2)5-7(13)8(9,10)11/h3,5,12H,1,4H2,2H3/b6-5-. The molecule has 0 saturated heterocycles. The molecule has 74 valence electrons. The van der Waals surface area contributed by atoms with Crippen LogP contribution < -0.4 is 5.32 Å². The van der Waals surface area contributed by atoms with Crippen LogP contribution >= 0.6 is 0 Å². The van der Waals surface area contributed by atoms with Crippen molar-refractivity contribution in [2.24, 2.45) is 0 Å². The zero-order valence-corrected chi connectivity index (χ0v) is 7.11. The summed E-state index contributed by atoms with van der Waals surface area (Å²) < 4.78 is 35.1. The lowest BCUT2D eigenvalue weighted by Crippen LogP contribution is -2.22. The van der Waals surface area contributed by atoms with E-state index in [1.165, 1.54) is 13.0 Å². The lowest BCUT2D eigenvalue weighted by Gasteiger charge is -2.04. The predicted octanol–water partition coefficient (Wildman–Crippen LogP) is 1.80. The van der Waals surface area contributed by atoms with Crippen molar-refractivity contribution in [1.29, 1.82) is 0 Å². The molecule has 0 rings (SSSR count). The molecule has 0 aromatic carbocycles. The van der Waals surface area contributed by atoms with E-state index in [2.05, 4.69) is 11.9 Å². The second-order valence-corrected chi connectivity index (χ2v) is 2.36. The minimum Gasteiger partial charge on any atom is -0.385 e. The fourth-order valence-corrected chi connectivity index (χ4v) is 0.563. The third kappa shape index (κ3) is 5.05. The molecule has 2 nitrogen and oxygen atoms in total. The molecule has 0 amide bonds. The number of carbonyl (C=O) groups excluding carboxylic acids is 1. The number of hydrogen-bond donors (Lipinski definition) is 1. The van der Waals surface area contributed by atoms with Gasteiger partial charge in [-0.1, -0.05) is 6.08 Å². The molecule has 0 aromatic heterocycles. The minimum absolute atomic E-state index is 0.169. The second-order valence-electron chi connectivity index (χ2n) is 2.36. The van der Waals surface area contributed by atoms with Gasteiger partial charge in [0.15, 0.2) is 0 Å². The van der Waals surface area contributed by atoms with Crippen molar-refractivity contribution >= 4 is 5.78 Å². The van der Waals surface area contributed by atoms with Crippen LogP contribution in [0.2, 0.25) is 0 Å². The Bertz CT molecular complexity index is 230. The van der Waals surface area contributed by atoms with Crippen molar-refractivity contribution in [1.82, 2.24) is 5.32 Å². The van der Waals surface area contributed by atoms with E-state index < -0.39 is 12.0 Å². The fraction of sp³-hybridized carbons (Fsp3) is 0.375. The molecule has 0 radical (unpaired) electrons. The highest BCUT2D eigenvalue weighted by Crippen LogP contribution is 2.16. The van der Waals surface area contributed by atoms with Gasteiger partial charge in [0.25, 0.3) is 5.78 Å². The number of ketones is 1. The highest BCUT2D eigenvalue weighted by molar-refractivity contribution is 5.94. The quantitative estimate of drug-likeness (QED) is 0.544. The van der Waals surface area contributed by atoms with E-state index in [0.29, 0.717) is 12.6 Å². The maximum Gasteiger partial charge on any atom is 0.454 e. The number of rotatable bonds is 4. The van der Waals surface area contributed by atoms with Crippen LogP contribution in [0.15, 0.2) is 24.4 Å². The number of alkyl halides is 3. The number of hydrogen-bond acceptors (Lipinski definition) is 2. The zero-order chi connectivity index (χ0) is 10.5. The molecular formula is C8H10F3NO. The molecule has 0 aliphatic rings. The zero-order valence-electron chi connectivity index (χ0n) is 7.11. The van der Waals surface area contributed by atoms with Crippen molar-refractivity contribution in [3.8, 4) is 0 Å². The van der Waals surface area contributed by atoms with Crippen LogP contribution in [0.4, 0.5) is 13.2 Å². The van der Waals surface area contributed by atoms with E-state index in [4.69, 9.17) is 0 Å². The maximum absolute atomic E-state index is 11.7. The highest BCUT2D eigenvalue weighted by Gasteiger charge is 2.36. The van der Waals surface area contributed by atoms with Crippen LogP contribution in [0.3, 0.4) is 0 Å². The molecule has 0 bridgehead atoms. The van der Waals surface area contributed by atoms with Crippen LogP contribution in [0, 0.1) is 0 Å². The highest BCUT2D eigenvalue weighted by atomic mass is 19.4. The summed E-state index contributed by atoms with van der Waals surface area (Å²) in [6, 6.07) is 0. The van der Waals surface area contributed by atoms with Gasteiger partial charge in [-0.25, -0.2) is 0 Å². The first-order chi connectivity index (χ1) is 5.88. The average Bonchev–Trinajstić information content (AvgIpc) is 1.99. The summed E-state index contributed by atoms with van der Waals surface area (Å²) in [7, 11) is 0. The smallest absolute Gasteiger partial charge is 0.385 e. The molecule has 0 aliphatic heterocycles. The first-order valence-electron chi connectivity index (χ1n) is 3.52. The molecule has 0 fully saturated rings. The lowest BCUT2D eigenvalue weighted by molar-refractivity contribution is -0.165. The van der Waals surface area contributed by atoms with E-state index >= 15 is 0 Å². The van der Waals surface area contributed by atoms with E-state index in [1.54, 1.807) is 0 Å². The summed E-state index contributed by atoms with van der Waals surface area (Å²) in [5.74, 6) is -1.86. The Balaban J connectivity index is 4.22. The molecule has 0 spiro atoms. The Labute approximate surface area is 74.1 Å². The molecule has 0 saturated carbocycles. The molecule has 0 heterocycles. The van der Waals surface area contributed by atoms with Crippen molar-refractivity contribution in [2.75, 3.05) is 6.54 Å². The summed E-state index contributed by atoms with van der Waals surface area (Å²) >= 11 is 0. The van der Waals surface area contributed by atoms with E-state index in [-0.39, 0.29) is 5.70 Å². The molecule has 0 aliphatic carbocycles. The van der Waals surface area contributed by atoms with Gasteiger partial charge in [0.05, 0.1) is 0 Å². The van der Waals surface area contributed by atoms with E-state index in [1.807, 2.05) is 0 Å². The summed E-state index contributed by atoms with van der Waals surface area (Å²) in [6.45, 7) is 5.07. The summed E-state index contributed by atoms with van der Waals surface area (Å²) in [5.41, 5.74) is 0.169. The Morgan fingerprint density at radius 2 is 2.08 bits per heavy atom. The van der Waals surface area contributed by atoms with Gasteiger partial charge in [-0.05, 0) is 6.92 Å². The molecule has 0 aromatic rings. The Hall–Kier alpha value is -1.26. The first-order valence-corrected chi connectivity index (χ1v) is 3.52. The van der Waals surface area contributed by atoms with Crippen LogP contribution in [0.1, 0.15) is 6.92 Å². The normalized spacial score (nSPS) is 12.5. The Kier molecular flexibility index (Phi) is 4.23. The summed E-state index contributed by atoms with van der Waals surface area (Å²) in [4.78, 5) is 10.4. The van der Waals surface area contributed by atoms with Crippen molar-refractivity contribution in [2.45, 2.75) is 13.1 Å². The van der Waals surface area contributed by atoms with E-state index in [0.717, 1.165) is 0 Å². The van der Waals surface area contributed by atoms with Crippen LogP contribution in [-0.4, -0.2) is 18.5 Å². The van der Waals surface area contributed by atoms with Gasteiger partial charge in [-0.3, -0.25) is 4.79 Å². The number of halogens is 3. The third-order valence-corrected chi connectivity index (χ3v) is 1.15. The predicted molar refractivity (Wildman–Crippen MR) is 43.0 cm³/mol. The van der Waals surface area contributed by atoms with Gasteiger partial charge >= 0.3 is 6.18 Å². The fourth-order valence-electron chi connectivity index (χ4n) is 0.563.